The summed E-state index contributed by atoms with van der Waals surface area (Å²) in [6.45, 7) is 6.44. The van der Waals surface area contributed by atoms with Gasteiger partial charge in [0.2, 0.25) is 0 Å². The second-order valence-electron chi connectivity index (χ2n) is 6.42. The van der Waals surface area contributed by atoms with E-state index in [2.05, 4.69) is 45.0 Å². The van der Waals surface area contributed by atoms with E-state index in [1.807, 2.05) is 12.1 Å². The smallest absolute Gasteiger partial charge is 0.191 e. The molecule has 1 saturated heterocycles. The van der Waals surface area contributed by atoms with Crippen LogP contribution in [0, 0.1) is 0 Å². The number of ether oxygens (including phenoxy) is 1. The molecule has 7 heteroatoms. The molecular formula is C19H28N4O2S. The highest BCUT2D eigenvalue weighted by Gasteiger charge is 2.26. The summed E-state index contributed by atoms with van der Waals surface area (Å²) in [7, 11) is 1.80. The Balaban J connectivity index is 1.54. The maximum absolute atomic E-state index is 5.71. The highest BCUT2D eigenvalue weighted by atomic mass is 32.1. The van der Waals surface area contributed by atoms with E-state index in [1.165, 1.54) is 4.88 Å². The van der Waals surface area contributed by atoms with Crippen LogP contribution in [-0.4, -0.2) is 56.8 Å². The molecule has 2 N–H and O–H groups in total. The Hall–Kier alpha value is -1.83. The number of morpholine rings is 1. The van der Waals surface area contributed by atoms with Crippen molar-refractivity contribution in [3.8, 4) is 0 Å². The molecule has 0 aromatic carbocycles. The van der Waals surface area contributed by atoms with Gasteiger partial charge in [-0.25, -0.2) is 0 Å². The Morgan fingerprint density at radius 1 is 1.38 bits per heavy atom. The van der Waals surface area contributed by atoms with Gasteiger partial charge in [-0.05, 0) is 30.5 Å². The van der Waals surface area contributed by atoms with Gasteiger partial charge >= 0.3 is 0 Å². The van der Waals surface area contributed by atoms with Gasteiger partial charge in [0.15, 0.2) is 5.96 Å². The third kappa shape index (κ3) is 5.33. The fraction of sp³-hybridized carbons (Fsp3) is 0.526. The fourth-order valence-electron chi connectivity index (χ4n) is 3.19. The maximum atomic E-state index is 5.71. The van der Waals surface area contributed by atoms with Crippen LogP contribution in [0.2, 0.25) is 0 Å². The first-order chi connectivity index (χ1) is 12.8. The molecule has 142 valence electrons. The van der Waals surface area contributed by atoms with Crippen LogP contribution in [0.25, 0.3) is 0 Å². The third-order valence-electron chi connectivity index (χ3n) is 4.52. The molecule has 2 aromatic heterocycles. The van der Waals surface area contributed by atoms with Crippen LogP contribution < -0.4 is 10.6 Å². The Labute approximate surface area is 159 Å². The number of aliphatic imine (C=N–C) groups is 1. The lowest BCUT2D eigenvalue weighted by Crippen LogP contribution is -2.48. The second kappa shape index (κ2) is 9.75. The summed E-state index contributed by atoms with van der Waals surface area (Å²) in [5.74, 6) is 1.80. The number of guanidine groups is 1. The molecule has 1 fully saturated rings. The fourth-order valence-corrected chi connectivity index (χ4v) is 4.05. The number of rotatable bonds is 7. The normalized spacial score (nSPS) is 20.1. The average molecular weight is 377 g/mol. The summed E-state index contributed by atoms with van der Waals surface area (Å²) in [4.78, 5) is 8.22. The molecule has 0 saturated carbocycles. The summed E-state index contributed by atoms with van der Waals surface area (Å²) >= 11 is 1.81. The zero-order chi connectivity index (χ0) is 18.2. The molecule has 26 heavy (non-hydrogen) atoms. The molecular weight excluding hydrogens is 348 g/mol. The maximum Gasteiger partial charge on any atom is 0.191 e. The molecule has 2 aromatic rings. The first-order valence-electron chi connectivity index (χ1n) is 9.12. The van der Waals surface area contributed by atoms with Gasteiger partial charge < -0.3 is 19.8 Å². The van der Waals surface area contributed by atoms with Crippen molar-refractivity contribution < 1.29 is 9.15 Å². The van der Waals surface area contributed by atoms with E-state index >= 15 is 0 Å². The van der Waals surface area contributed by atoms with Gasteiger partial charge in [-0.1, -0.05) is 6.07 Å². The van der Waals surface area contributed by atoms with Crippen LogP contribution in [-0.2, 0) is 11.2 Å². The van der Waals surface area contributed by atoms with Gasteiger partial charge in [0.1, 0.15) is 5.76 Å². The van der Waals surface area contributed by atoms with E-state index in [-0.39, 0.29) is 6.10 Å². The van der Waals surface area contributed by atoms with Crippen molar-refractivity contribution in [2.24, 2.45) is 4.99 Å². The molecule has 3 rings (SSSR count). The molecule has 0 bridgehead atoms. The van der Waals surface area contributed by atoms with Crippen LogP contribution in [0.1, 0.15) is 23.6 Å². The Morgan fingerprint density at radius 3 is 3.00 bits per heavy atom. The summed E-state index contributed by atoms with van der Waals surface area (Å²) in [6, 6.07) is 8.56. The van der Waals surface area contributed by atoms with Gasteiger partial charge in [0.25, 0.3) is 0 Å². The van der Waals surface area contributed by atoms with Crippen LogP contribution in [0.15, 0.2) is 45.3 Å². The molecule has 3 heterocycles. The molecule has 1 aliphatic rings. The van der Waals surface area contributed by atoms with E-state index in [9.17, 15) is 0 Å². The van der Waals surface area contributed by atoms with Crippen molar-refractivity contribution in [1.82, 2.24) is 15.5 Å². The highest BCUT2D eigenvalue weighted by Crippen LogP contribution is 2.26. The molecule has 0 spiro atoms. The standard InChI is InChI=1S/C19H28N4O2S/c1-15-14-23(9-11-24-15)17(18-6-4-12-26-18)13-22-19(20-2)21-8-7-16-5-3-10-25-16/h3-6,10,12,15,17H,7-9,11,13-14H2,1-2H3,(H2,20,21,22). The zero-order valence-electron chi connectivity index (χ0n) is 15.5. The van der Waals surface area contributed by atoms with Crippen molar-refractivity contribution in [3.05, 3.63) is 46.5 Å². The van der Waals surface area contributed by atoms with Crippen molar-refractivity contribution in [2.45, 2.75) is 25.5 Å². The molecule has 2 atom stereocenters. The quantitative estimate of drug-likeness (QED) is 0.574. The molecule has 0 aliphatic carbocycles. The average Bonchev–Trinajstić information content (AvgIpc) is 3.34. The number of furan rings is 1. The van der Waals surface area contributed by atoms with Crippen LogP contribution in [0.4, 0.5) is 0 Å². The Morgan fingerprint density at radius 2 is 2.31 bits per heavy atom. The minimum absolute atomic E-state index is 0.275. The Bertz CT molecular complexity index is 657. The summed E-state index contributed by atoms with van der Waals surface area (Å²) in [5.41, 5.74) is 0. The second-order valence-corrected chi connectivity index (χ2v) is 7.40. The summed E-state index contributed by atoms with van der Waals surface area (Å²) in [6.07, 6.45) is 2.82. The minimum atomic E-state index is 0.275. The van der Waals surface area contributed by atoms with E-state index < -0.39 is 0 Å². The van der Waals surface area contributed by atoms with Crippen LogP contribution >= 0.6 is 11.3 Å². The SMILES string of the molecule is CN=C(NCCc1ccco1)NCC(c1cccs1)N1CCOC(C)C1. The number of nitrogens with zero attached hydrogens (tertiary/aromatic N) is 2. The van der Waals surface area contributed by atoms with Crippen molar-refractivity contribution in [1.29, 1.82) is 0 Å². The van der Waals surface area contributed by atoms with Crippen LogP contribution in [0.3, 0.4) is 0 Å². The van der Waals surface area contributed by atoms with Crippen molar-refractivity contribution >= 4 is 17.3 Å². The van der Waals surface area contributed by atoms with E-state index in [1.54, 1.807) is 24.6 Å². The lowest BCUT2D eigenvalue weighted by Gasteiger charge is -2.37. The molecule has 6 nitrogen and oxygen atoms in total. The van der Waals surface area contributed by atoms with E-state index in [0.29, 0.717) is 6.04 Å². The van der Waals surface area contributed by atoms with Crippen molar-refractivity contribution in [2.75, 3.05) is 39.8 Å². The largest absolute Gasteiger partial charge is 0.469 e. The monoisotopic (exact) mass is 376 g/mol. The minimum Gasteiger partial charge on any atom is -0.469 e. The number of thiophene rings is 1. The van der Waals surface area contributed by atoms with Gasteiger partial charge in [-0.2, -0.15) is 0 Å². The topological polar surface area (TPSA) is 62.0 Å². The molecule has 0 radical (unpaired) electrons. The lowest BCUT2D eigenvalue weighted by atomic mass is 10.1. The van der Waals surface area contributed by atoms with Crippen LogP contribution in [0.5, 0.6) is 0 Å². The van der Waals surface area contributed by atoms with Gasteiger partial charge in [0.05, 0.1) is 25.0 Å². The third-order valence-corrected chi connectivity index (χ3v) is 5.49. The Kier molecular flexibility index (Phi) is 7.11. The number of hydrogen-bond donors (Lipinski definition) is 2. The molecule has 0 amide bonds. The number of nitrogens with one attached hydrogen (secondary N) is 2. The van der Waals surface area contributed by atoms with Crippen molar-refractivity contribution in [3.63, 3.8) is 0 Å². The number of hydrogen-bond acceptors (Lipinski definition) is 5. The van der Waals surface area contributed by atoms with Gasteiger partial charge in [-0.15, -0.1) is 11.3 Å². The summed E-state index contributed by atoms with van der Waals surface area (Å²) in [5, 5.41) is 8.98. The van der Waals surface area contributed by atoms with E-state index in [0.717, 1.165) is 50.9 Å². The predicted molar refractivity (Wildman–Crippen MR) is 106 cm³/mol. The summed E-state index contributed by atoms with van der Waals surface area (Å²) < 4.78 is 11.1. The first kappa shape index (κ1) is 18.9. The predicted octanol–water partition coefficient (Wildman–Crippen LogP) is 2.51. The van der Waals surface area contributed by atoms with Gasteiger partial charge in [0, 0.05) is 44.5 Å². The van der Waals surface area contributed by atoms with E-state index in [4.69, 9.17) is 9.15 Å². The molecule has 1 aliphatic heterocycles. The highest BCUT2D eigenvalue weighted by molar-refractivity contribution is 7.10. The first-order valence-corrected chi connectivity index (χ1v) is 10.00. The molecule has 2 unspecified atom stereocenters. The zero-order valence-corrected chi connectivity index (χ0v) is 16.3. The van der Waals surface area contributed by atoms with Gasteiger partial charge in [-0.3, -0.25) is 9.89 Å². The lowest BCUT2D eigenvalue weighted by molar-refractivity contribution is -0.0334.